The van der Waals surface area contributed by atoms with E-state index in [2.05, 4.69) is 5.32 Å². The maximum Gasteiger partial charge on any atom is 0.330 e. The number of aromatic amines is 1. The van der Waals surface area contributed by atoms with E-state index >= 15 is 0 Å². The fourth-order valence-electron chi connectivity index (χ4n) is 4.02. The number of nitrogens with one attached hydrogen (secondary N) is 2. The molecule has 2 fully saturated rings. The second-order valence-corrected chi connectivity index (χ2v) is 9.89. The van der Waals surface area contributed by atoms with Crippen LogP contribution in [0.4, 0.5) is 4.39 Å². The van der Waals surface area contributed by atoms with Crippen LogP contribution in [0.5, 0.6) is 0 Å². The van der Waals surface area contributed by atoms with Gasteiger partial charge in [-0.3, -0.25) is 19.1 Å². The molecule has 196 valence electrons. The van der Waals surface area contributed by atoms with E-state index in [1.165, 1.54) is 0 Å². The smallest absolute Gasteiger partial charge is 0.330 e. The number of thioether (sulfide) groups is 1. The summed E-state index contributed by atoms with van der Waals surface area (Å²) in [4.78, 5) is 50.6. The first-order valence-corrected chi connectivity index (χ1v) is 12.9. The Morgan fingerprint density at radius 2 is 2.03 bits per heavy atom. The summed E-state index contributed by atoms with van der Waals surface area (Å²) in [7, 11) is 0. The molecular weight excluding hydrogens is 485 g/mol. The Kier molecular flexibility index (Phi) is 9.13. The highest BCUT2D eigenvalue weighted by molar-refractivity contribution is 7.98. The van der Waals surface area contributed by atoms with Crippen LogP contribution in [0.15, 0.2) is 15.8 Å². The molecule has 2 saturated heterocycles. The molecule has 0 bridgehead atoms. The zero-order chi connectivity index (χ0) is 25.8. The highest BCUT2D eigenvalue weighted by Gasteiger charge is 2.56. The molecule has 0 spiro atoms. The lowest BCUT2D eigenvalue weighted by atomic mass is 10.1. The molecule has 5 atom stereocenters. The van der Waals surface area contributed by atoms with Crippen LogP contribution in [0.25, 0.3) is 0 Å². The summed E-state index contributed by atoms with van der Waals surface area (Å²) in [5, 5.41) is 2.73. The van der Waals surface area contributed by atoms with E-state index in [-0.39, 0.29) is 12.5 Å². The Morgan fingerprint density at radius 1 is 1.31 bits per heavy atom. The predicted octanol–water partition coefficient (Wildman–Crippen LogP) is 1.06. The van der Waals surface area contributed by atoms with Gasteiger partial charge in [-0.05, 0) is 38.7 Å². The average Bonchev–Trinajstić information content (AvgIpc) is 3.28. The molecule has 13 heteroatoms. The van der Waals surface area contributed by atoms with Crippen molar-refractivity contribution in [2.45, 2.75) is 82.8 Å². The number of hydrogen-bond acceptors (Lipinski definition) is 9. The zero-order valence-electron chi connectivity index (χ0n) is 20.2. The average molecular weight is 518 g/mol. The predicted molar refractivity (Wildman–Crippen MR) is 124 cm³/mol. The van der Waals surface area contributed by atoms with Crippen LogP contribution in [0.3, 0.4) is 0 Å². The van der Waals surface area contributed by atoms with Gasteiger partial charge in [0.25, 0.3) is 5.56 Å². The van der Waals surface area contributed by atoms with Crippen molar-refractivity contribution in [2.24, 2.45) is 0 Å². The lowest BCUT2D eigenvalue weighted by Gasteiger charge is -2.25. The number of H-pyrrole nitrogens is 1. The zero-order valence-corrected chi connectivity index (χ0v) is 21.0. The molecule has 35 heavy (non-hydrogen) atoms. The van der Waals surface area contributed by atoms with Gasteiger partial charge in [0.2, 0.25) is 11.7 Å². The summed E-state index contributed by atoms with van der Waals surface area (Å²) >= 11 is 1.54. The molecule has 2 N–H and O–H groups in total. The molecule has 3 rings (SSSR count). The van der Waals surface area contributed by atoms with Crippen LogP contribution in [-0.4, -0.2) is 70.2 Å². The third kappa shape index (κ3) is 6.72. The van der Waals surface area contributed by atoms with Gasteiger partial charge in [-0.25, -0.2) is 9.59 Å². The first-order valence-electron chi connectivity index (χ1n) is 11.5. The fraction of sp³-hybridized carbons (Fsp3) is 0.727. The minimum atomic E-state index is -1.16. The van der Waals surface area contributed by atoms with E-state index in [1.54, 1.807) is 25.6 Å². The summed E-state index contributed by atoms with van der Waals surface area (Å²) in [5.74, 6) is -2.38. The number of esters is 1. The Bertz CT molecular complexity index is 1030. The molecule has 2 aliphatic rings. The van der Waals surface area contributed by atoms with Crippen molar-refractivity contribution in [1.82, 2.24) is 14.9 Å². The Morgan fingerprint density at radius 3 is 2.71 bits per heavy atom. The quantitative estimate of drug-likeness (QED) is 0.413. The van der Waals surface area contributed by atoms with Crippen LogP contribution >= 0.6 is 11.8 Å². The molecule has 1 aromatic heterocycles. The number of carbonyl (C=O) groups excluding carboxylic acids is 2. The van der Waals surface area contributed by atoms with Crippen LogP contribution in [0, 0.1) is 5.82 Å². The number of carbonyl (C=O) groups is 2. The lowest BCUT2D eigenvalue weighted by Crippen LogP contribution is -2.43. The van der Waals surface area contributed by atoms with E-state index in [0.717, 1.165) is 17.2 Å². The summed E-state index contributed by atoms with van der Waals surface area (Å²) in [6.07, 6.45) is 1.43. The maximum atomic E-state index is 13.9. The monoisotopic (exact) mass is 517 g/mol. The number of amides is 1. The molecule has 0 aromatic carbocycles. The van der Waals surface area contributed by atoms with Crippen molar-refractivity contribution in [2.75, 3.05) is 18.6 Å². The second kappa shape index (κ2) is 11.7. The van der Waals surface area contributed by atoms with Crippen molar-refractivity contribution >= 4 is 23.6 Å². The number of rotatable bonds is 11. The van der Waals surface area contributed by atoms with Gasteiger partial charge in [-0.1, -0.05) is 13.3 Å². The second-order valence-electron chi connectivity index (χ2n) is 8.91. The van der Waals surface area contributed by atoms with Crippen molar-refractivity contribution in [3.05, 3.63) is 32.9 Å². The third-order valence-electron chi connectivity index (χ3n) is 5.70. The third-order valence-corrected chi connectivity index (χ3v) is 6.35. The van der Waals surface area contributed by atoms with E-state index < -0.39 is 59.4 Å². The minimum Gasteiger partial charge on any atom is -0.461 e. The van der Waals surface area contributed by atoms with Crippen LogP contribution in [-0.2, 0) is 28.5 Å². The molecule has 11 nitrogen and oxygen atoms in total. The highest BCUT2D eigenvalue weighted by atomic mass is 32.2. The number of fused-ring (bicyclic) bond motifs is 1. The van der Waals surface area contributed by atoms with Crippen molar-refractivity contribution in [3.63, 3.8) is 0 Å². The molecule has 0 radical (unpaired) electrons. The molecule has 0 saturated carbocycles. The largest absolute Gasteiger partial charge is 0.461 e. The van der Waals surface area contributed by atoms with E-state index in [4.69, 9.17) is 18.9 Å². The fourth-order valence-corrected chi connectivity index (χ4v) is 4.49. The Hall–Kier alpha value is -2.22. The standard InChI is InChI=1S/C22H32FN3O8S/c1-5-6-7-15(27)24-13(8-9-35-4)20(29)31-11-14-16-17(34-22(2,3)33-16)19(32-14)26-10-12(23)18(28)25-21(26)30/h10,13-14,16-17,19H,5-9,11H2,1-4H3,(H,24,27)(H,25,28,30)/t13-,14+,16+,17+,19+/m0/s1. The topological polar surface area (TPSA) is 138 Å². The first-order chi connectivity index (χ1) is 16.6. The minimum absolute atomic E-state index is 0.221. The molecule has 1 amide bonds. The van der Waals surface area contributed by atoms with Gasteiger partial charge in [-0.2, -0.15) is 16.2 Å². The molecule has 1 aromatic rings. The van der Waals surface area contributed by atoms with E-state index in [1.807, 2.05) is 18.2 Å². The van der Waals surface area contributed by atoms with Gasteiger partial charge in [-0.15, -0.1) is 0 Å². The normalized spacial score (nSPS) is 25.7. The van der Waals surface area contributed by atoms with Crippen LogP contribution in [0.2, 0.25) is 0 Å². The number of hydrogen-bond donors (Lipinski definition) is 2. The molecule has 0 aliphatic carbocycles. The van der Waals surface area contributed by atoms with Crippen molar-refractivity contribution < 1.29 is 32.9 Å². The Balaban J connectivity index is 1.72. The van der Waals surface area contributed by atoms with Gasteiger partial charge in [0, 0.05) is 6.42 Å². The number of nitrogens with zero attached hydrogens (tertiary/aromatic N) is 1. The maximum absolute atomic E-state index is 13.9. The molecule has 3 heterocycles. The summed E-state index contributed by atoms with van der Waals surface area (Å²) < 4.78 is 37.9. The number of ether oxygens (including phenoxy) is 4. The van der Waals surface area contributed by atoms with Crippen molar-refractivity contribution in [1.29, 1.82) is 0 Å². The molecular formula is C22H32FN3O8S. The summed E-state index contributed by atoms with van der Waals surface area (Å²) in [6, 6.07) is -0.812. The van der Waals surface area contributed by atoms with E-state index in [9.17, 15) is 23.6 Å². The number of halogens is 1. The van der Waals surface area contributed by atoms with Gasteiger partial charge < -0.3 is 24.3 Å². The van der Waals surface area contributed by atoms with Crippen LogP contribution < -0.4 is 16.6 Å². The Labute approximate surface area is 206 Å². The van der Waals surface area contributed by atoms with Gasteiger partial charge in [0.15, 0.2) is 12.0 Å². The number of unbranched alkanes of at least 4 members (excludes halogenated alkanes) is 1. The van der Waals surface area contributed by atoms with E-state index in [0.29, 0.717) is 25.0 Å². The number of aromatic nitrogens is 2. The van der Waals surface area contributed by atoms with Gasteiger partial charge in [0.05, 0.1) is 6.20 Å². The molecule has 2 aliphatic heterocycles. The molecule has 0 unspecified atom stereocenters. The lowest BCUT2D eigenvalue weighted by molar-refractivity contribution is -0.203. The SMILES string of the molecule is CCCCC(=O)N[C@@H](CCSC)C(=O)OC[C@H]1O[C@@H](n2cc(F)c(=O)[nH]c2=O)[C@@H]2OC(C)(C)O[C@@H]21. The first kappa shape index (κ1) is 27.4. The van der Waals surface area contributed by atoms with Gasteiger partial charge in [0.1, 0.15) is 31.0 Å². The highest BCUT2D eigenvalue weighted by Crippen LogP contribution is 2.42. The summed E-state index contributed by atoms with van der Waals surface area (Å²) in [5.41, 5.74) is -2.02. The van der Waals surface area contributed by atoms with Crippen LogP contribution in [0.1, 0.15) is 52.7 Å². The summed E-state index contributed by atoms with van der Waals surface area (Å²) in [6.45, 7) is 5.08. The van der Waals surface area contributed by atoms with Crippen molar-refractivity contribution in [3.8, 4) is 0 Å². The van der Waals surface area contributed by atoms with Gasteiger partial charge >= 0.3 is 11.7 Å².